The second-order valence-electron chi connectivity index (χ2n) is 9.79. The highest BCUT2D eigenvalue weighted by atomic mass is 32.2. The summed E-state index contributed by atoms with van der Waals surface area (Å²) >= 11 is 1.50. The number of para-hydroxylation sites is 1. The predicted octanol–water partition coefficient (Wildman–Crippen LogP) is 4.69. The van der Waals surface area contributed by atoms with Gasteiger partial charge in [0.15, 0.2) is 6.29 Å². The summed E-state index contributed by atoms with van der Waals surface area (Å²) < 4.78 is 14.5. The van der Waals surface area contributed by atoms with E-state index in [1.807, 2.05) is 66.7 Å². The number of anilines is 1. The first-order valence-electron chi connectivity index (χ1n) is 13.6. The fourth-order valence-electron chi connectivity index (χ4n) is 4.54. The number of nitrogens with one attached hydrogen (secondary N) is 1. The summed E-state index contributed by atoms with van der Waals surface area (Å²) in [5.74, 6) is -0.577. The van der Waals surface area contributed by atoms with E-state index in [0.717, 1.165) is 22.4 Å². The molecule has 3 atom stereocenters. The molecule has 11 nitrogen and oxygen atoms in total. The van der Waals surface area contributed by atoms with E-state index in [-0.39, 0.29) is 44.0 Å². The van der Waals surface area contributed by atoms with E-state index >= 15 is 0 Å². The highest BCUT2D eigenvalue weighted by Gasteiger charge is 2.32. The van der Waals surface area contributed by atoms with Crippen LogP contribution in [-0.4, -0.2) is 54.2 Å². The van der Waals surface area contributed by atoms with Crippen molar-refractivity contribution >= 4 is 29.3 Å². The second kappa shape index (κ2) is 14.2. The van der Waals surface area contributed by atoms with Crippen molar-refractivity contribution in [1.29, 1.82) is 0 Å². The van der Waals surface area contributed by atoms with Crippen LogP contribution in [0.25, 0.3) is 5.69 Å². The van der Waals surface area contributed by atoms with Gasteiger partial charge in [-0.25, -0.2) is 0 Å². The van der Waals surface area contributed by atoms with Crippen LogP contribution in [0.5, 0.6) is 0 Å². The summed E-state index contributed by atoms with van der Waals surface area (Å²) in [5, 5.41) is 33.9. The molecule has 4 aromatic rings. The number of carbonyl (C=O) groups excluding carboxylic acids is 1. The lowest BCUT2D eigenvalue weighted by Crippen LogP contribution is -2.31. The van der Waals surface area contributed by atoms with Crippen LogP contribution in [0, 0.1) is 0 Å². The Hall–Kier alpha value is -4.10. The van der Waals surface area contributed by atoms with E-state index in [4.69, 9.17) is 14.6 Å². The van der Waals surface area contributed by atoms with Gasteiger partial charge in [0.05, 0.1) is 24.5 Å². The van der Waals surface area contributed by atoms with Gasteiger partial charge in [-0.15, -0.1) is 5.10 Å². The Kier molecular flexibility index (Phi) is 9.93. The van der Waals surface area contributed by atoms with Crippen molar-refractivity contribution in [3.8, 4) is 5.69 Å². The SMILES string of the molecule is O=C(O)CCCC(=O)Nc1ccc([C@@H]2O[C@H](CSc3nnnn3-c3ccccc3)C[C@H](c3ccc(CO)cc3)O2)cc1. The lowest BCUT2D eigenvalue weighted by Gasteiger charge is -2.36. The Bertz CT molecular complexity index is 1470. The third-order valence-electron chi connectivity index (χ3n) is 6.72. The minimum atomic E-state index is -0.922. The van der Waals surface area contributed by atoms with E-state index in [9.17, 15) is 14.7 Å². The molecule has 2 heterocycles. The summed E-state index contributed by atoms with van der Waals surface area (Å²) in [5.41, 5.74) is 4.06. The van der Waals surface area contributed by atoms with Gasteiger partial charge < -0.3 is 25.0 Å². The molecular formula is C30H31N5O6S. The molecule has 1 aliphatic rings. The van der Waals surface area contributed by atoms with E-state index in [1.165, 1.54) is 11.8 Å². The first kappa shape index (κ1) is 29.4. The van der Waals surface area contributed by atoms with Gasteiger partial charge in [0, 0.05) is 36.3 Å². The Morgan fingerprint density at radius 1 is 0.952 bits per heavy atom. The predicted molar refractivity (Wildman–Crippen MR) is 155 cm³/mol. The van der Waals surface area contributed by atoms with Crippen molar-refractivity contribution < 1.29 is 29.3 Å². The smallest absolute Gasteiger partial charge is 0.303 e. The molecule has 0 saturated carbocycles. The van der Waals surface area contributed by atoms with Gasteiger partial charge in [-0.05, 0) is 52.2 Å². The Labute approximate surface area is 246 Å². The summed E-state index contributed by atoms with van der Waals surface area (Å²) in [6, 6.07) is 24.6. The zero-order valence-corrected chi connectivity index (χ0v) is 23.5. The number of rotatable bonds is 12. The van der Waals surface area contributed by atoms with Crippen LogP contribution >= 0.6 is 11.8 Å². The van der Waals surface area contributed by atoms with Gasteiger partial charge in [-0.3, -0.25) is 9.59 Å². The number of carbonyl (C=O) groups is 2. The van der Waals surface area contributed by atoms with E-state index in [2.05, 4.69) is 20.8 Å². The number of ether oxygens (including phenoxy) is 2. The molecule has 1 fully saturated rings. The van der Waals surface area contributed by atoms with Gasteiger partial charge >= 0.3 is 5.97 Å². The number of aliphatic hydroxyl groups is 1. The maximum absolute atomic E-state index is 12.2. The molecule has 3 N–H and O–H groups in total. The zero-order valence-electron chi connectivity index (χ0n) is 22.7. The number of aliphatic carboxylic acids is 1. The number of benzene rings is 3. The fourth-order valence-corrected chi connectivity index (χ4v) is 5.45. The van der Waals surface area contributed by atoms with Gasteiger partial charge in [0.1, 0.15) is 0 Å². The third kappa shape index (κ3) is 7.79. The average Bonchev–Trinajstić information content (AvgIpc) is 3.49. The number of carboxylic acid groups (broad SMARTS) is 1. The second-order valence-corrected chi connectivity index (χ2v) is 10.8. The molecule has 1 saturated heterocycles. The lowest BCUT2D eigenvalue weighted by atomic mass is 10.0. The molecule has 12 heteroatoms. The highest BCUT2D eigenvalue weighted by molar-refractivity contribution is 7.99. The van der Waals surface area contributed by atoms with Crippen LogP contribution in [-0.2, 0) is 25.7 Å². The standard InChI is InChI=1S/C30H31N5O6S/c36-18-20-9-11-21(12-10-20)26-17-25(19-42-30-32-33-34-35(30)24-5-2-1-3-6-24)40-29(41-26)22-13-15-23(16-14-22)31-27(37)7-4-8-28(38)39/h1-3,5-6,9-16,25-26,29,36H,4,7-8,17-19H2,(H,31,37)(H,38,39)/t25-,26+,29+/m0/s1. The van der Waals surface area contributed by atoms with Crippen LogP contribution < -0.4 is 5.32 Å². The molecule has 42 heavy (non-hydrogen) atoms. The molecule has 0 spiro atoms. The summed E-state index contributed by atoms with van der Waals surface area (Å²) in [7, 11) is 0. The van der Waals surface area contributed by atoms with Crippen molar-refractivity contribution in [1.82, 2.24) is 20.2 Å². The van der Waals surface area contributed by atoms with Crippen LogP contribution in [0.4, 0.5) is 5.69 Å². The number of hydrogen-bond acceptors (Lipinski definition) is 9. The van der Waals surface area contributed by atoms with Crippen LogP contribution in [0.2, 0.25) is 0 Å². The van der Waals surface area contributed by atoms with E-state index in [0.29, 0.717) is 23.0 Å². The van der Waals surface area contributed by atoms with Gasteiger partial charge in [-0.2, -0.15) is 4.68 Å². The van der Waals surface area contributed by atoms with Crippen molar-refractivity contribution in [3.05, 3.63) is 95.6 Å². The molecule has 1 amide bonds. The van der Waals surface area contributed by atoms with Crippen molar-refractivity contribution in [2.24, 2.45) is 0 Å². The number of aromatic nitrogens is 4. The Morgan fingerprint density at radius 2 is 1.69 bits per heavy atom. The number of carboxylic acids is 1. The molecule has 218 valence electrons. The summed E-state index contributed by atoms with van der Waals surface area (Å²) in [6.07, 6.45) is -0.121. The van der Waals surface area contributed by atoms with Gasteiger partial charge in [-0.1, -0.05) is 66.4 Å². The van der Waals surface area contributed by atoms with E-state index in [1.54, 1.807) is 16.8 Å². The fraction of sp³-hybridized carbons (Fsp3) is 0.300. The molecule has 5 rings (SSSR count). The number of thioether (sulfide) groups is 1. The Morgan fingerprint density at radius 3 is 2.40 bits per heavy atom. The average molecular weight is 590 g/mol. The van der Waals surface area contributed by atoms with Crippen molar-refractivity contribution in [3.63, 3.8) is 0 Å². The van der Waals surface area contributed by atoms with Gasteiger partial charge in [0.2, 0.25) is 11.1 Å². The van der Waals surface area contributed by atoms with Crippen LogP contribution in [0.1, 0.15) is 54.8 Å². The number of hydrogen-bond donors (Lipinski definition) is 3. The molecule has 3 aromatic carbocycles. The van der Waals surface area contributed by atoms with E-state index < -0.39 is 12.3 Å². The quantitative estimate of drug-likeness (QED) is 0.199. The number of amides is 1. The van der Waals surface area contributed by atoms with Crippen molar-refractivity contribution in [2.45, 2.75) is 55.9 Å². The lowest BCUT2D eigenvalue weighted by molar-refractivity contribution is -0.245. The number of aliphatic hydroxyl groups excluding tert-OH is 1. The summed E-state index contributed by atoms with van der Waals surface area (Å²) in [6.45, 7) is -0.0324. The third-order valence-corrected chi connectivity index (χ3v) is 7.77. The van der Waals surface area contributed by atoms with Crippen molar-refractivity contribution in [2.75, 3.05) is 11.1 Å². The number of tetrazole rings is 1. The molecule has 0 radical (unpaired) electrons. The highest BCUT2D eigenvalue weighted by Crippen LogP contribution is 2.39. The maximum atomic E-state index is 12.2. The minimum Gasteiger partial charge on any atom is -0.481 e. The molecule has 0 aliphatic carbocycles. The molecule has 1 aliphatic heterocycles. The monoisotopic (exact) mass is 589 g/mol. The first-order chi connectivity index (χ1) is 20.5. The summed E-state index contributed by atoms with van der Waals surface area (Å²) in [4.78, 5) is 22.9. The minimum absolute atomic E-state index is 0.0324. The maximum Gasteiger partial charge on any atom is 0.303 e. The Balaban J connectivity index is 1.28. The topological polar surface area (TPSA) is 149 Å². The van der Waals surface area contributed by atoms with Crippen LogP contribution in [0.15, 0.2) is 84.0 Å². The molecule has 0 unspecified atom stereocenters. The normalized spacial score (nSPS) is 18.5. The first-order valence-corrected chi connectivity index (χ1v) is 14.6. The molecular weight excluding hydrogens is 558 g/mol. The molecule has 0 bridgehead atoms. The van der Waals surface area contributed by atoms with Crippen LogP contribution in [0.3, 0.4) is 0 Å². The number of nitrogens with zero attached hydrogens (tertiary/aromatic N) is 4. The van der Waals surface area contributed by atoms with Gasteiger partial charge in [0.25, 0.3) is 0 Å². The zero-order chi connectivity index (χ0) is 29.3. The largest absolute Gasteiger partial charge is 0.481 e. The molecule has 1 aromatic heterocycles.